The van der Waals surface area contributed by atoms with Gasteiger partial charge in [0.25, 0.3) is 0 Å². The Morgan fingerprint density at radius 2 is 1.49 bits per heavy atom. The van der Waals surface area contributed by atoms with Crippen molar-refractivity contribution in [3.8, 4) is 0 Å². The zero-order chi connectivity index (χ0) is 29.3. The largest absolute Gasteiger partial charge is 0.480 e. The lowest BCUT2D eigenvalue weighted by atomic mass is 9.94. The molecule has 0 aliphatic rings. The van der Waals surface area contributed by atoms with E-state index in [9.17, 15) is 24.3 Å². The van der Waals surface area contributed by atoms with E-state index < -0.39 is 47.9 Å². The van der Waals surface area contributed by atoms with Crippen LogP contribution in [0.3, 0.4) is 0 Å². The molecule has 0 saturated carbocycles. The van der Waals surface area contributed by atoms with Crippen LogP contribution in [0, 0.1) is 17.8 Å². The Labute approximate surface area is 230 Å². The maximum absolute atomic E-state index is 13.4. The molecule has 1 heterocycles. The summed E-state index contributed by atoms with van der Waals surface area (Å²) < 4.78 is 0. The third-order valence-electron chi connectivity index (χ3n) is 7.41. The van der Waals surface area contributed by atoms with Crippen LogP contribution in [0.4, 0.5) is 0 Å². The molecule has 10 nitrogen and oxygen atoms in total. The predicted octanol–water partition coefficient (Wildman–Crippen LogP) is 2.72. The molecule has 0 aliphatic carbocycles. The van der Waals surface area contributed by atoms with Gasteiger partial charge in [-0.3, -0.25) is 14.4 Å². The Morgan fingerprint density at radius 1 is 0.872 bits per heavy atom. The standard InChI is InChI=1S/C29H45N5O5/c1-7-17(5)24(30)27(36)34-25(18(6)8-2)28(37)32-22(13-16(3)4)26(35)33-23(29(38)39)14-19-15-31-21-12-10-9-11-20(19)21/h9-12,15-18,22-25,31H,7-8,13-14,30H2,1-6H3,(H,32,37)(H,33,35)(H,34,36)(H,38,39). The number of nitrogens with one attached hydrogen (secondary N) is 4. The smallest absolute Gasteiger partial charge is 0.326 e. The average molecular weight is 544 g/mol. The van der Waals surface area contributed by atoms with Crippen LogP contribution in [0.5, 0.6) is 0 Å². The molecular weight excluding hydrogens is 498 g/mol. The fourth-order valence-electron chi connectivity index (χ4n) is 4.42. The molecular formula is C29H45N5O5. The number of para-hydroxylation sites is 1. The van der Waals surface area contributed by atoms with Crippen LogP contribution in [0.15, 0.2) is 30.5 Å². The molecule has 0 aliphatic heterocycles. The number of benzene rings is 1. The quantitative estimate of drug-likeness (QED) is 0.202. The normalized spacial score (nSPS) is 16.1. The van der Waals surface area contributed by atoms with Crippen molar-refractivity contribution in [2.75, 3.05) is 0 Å². The predicted molar refractivity (Wildman–Crippen MR) is 152 cm³/mol. The molecule has 1 aromatic heterocycles. The highest BCUT2D eigenvalue weighted by Crippen LogP contribution is 2.19. The number of H-pyrrole nitrogens is 1. The van der Waals surface area contributed by atoms with Crippen LogP contribution >= 0.6 is 0 Å². The Kier molecular flexibility index (Phi) is 12.0. The Bertz CT molecular complexity index is 1130. The summed E-state index contributed by atoms with van der Waals surface area (Å²) in [5.41, 5.74) is 7.72. The Hall–Kier alpha value is -3.40. The minimum atomic E-state index is -1.19. The number of carboxylic acid groups (broad SMARTS) is 1. The van der Waals surface area contributed by atoms with Crippen LogP contribution in [-0.2, 0) is 25.6 Å². The van der Waals surface area contributed by atoms with Crippen molar-refractivity contribution in [1.82, 2.24) is 20.9 Å². The van der Waals surface area contributed by atoms with E-state index in [1.807, 2.05) is 65.8 Å². The summed E-state index contributed by atoms with van der Waals surface area (Å²) in [5, 5.41) is 18.9. The second-order valence-corrected chi connectivity index (χ2v) is 10.9. The fourth-order valence-corrected chi connectivity index (χ4v) is 4.42. The highest BCUT2D eigenvalue weighted by Gasteiger charge is 2.33. The number of hydrogen-bond acceptors (Lipinski definition) is 5. The molecule has 2 rings (SSSR count). The van der Waals surface area contributed by atoms with Gasteiger partial charge >= 0.3 is 5.97 Å². The number of amides is 3. The molecule has 216 valence electrons. The summed E-state index contributed by atoms with van der Waals surface area (Å²) >= 11 is 0. The third kappa shape index (κ3) is 8.81. The maximum atomic E-state index is 13.4. The average Bonchev–Trinajstić information content (AvgIpc) is 3.31. The zero-order valence-corrected chi connectivity index (χ0v) is 23.9. The fraction of sp³-hybridized carbons (Fsp3) is 0.586. The van der Waals surface area contributed by atoms with Crippen molar-refractivity contribution >= 4 is 34.6 Å². The first-order valence-corrected chi connectivity index (χ1v) is 13.8. The summed E-state index contributed by atoms with van der Waals surface area (Å²) in [6.45, 7) is 11.4. The number of carbonyl (C=O) groups is 4. The number of hydrogen-bond donors (Lipinski definition) is 6. The van der Waals surface area contributed by atoms with Crippen molar-refractivity contribution in [2.24, 2.45) is 23.5 Å². The lowest BCUT2D eigenvalue weighted by molar-refractivity contribution is -0.142. The van der Waals surface area contributed by atoms with Crippen molar-refractivity contribution in [1.29, 1.82) is 0 Å². The summed E-state index contributed by atoms with van der Waals surface area (Å²) in [6, 6.07) is 3.71. The van der Waals surface area contributed by atoms with E-state index >= 15 is 0 Å². The highest BCUT2D eigenvalue weighted by atomic mass is 16.4. The van der Waals surface area contributed by atoms with Gasteiger partial charge in [0.2, 0.25) is 17.7 Å². The second kappa shape index (κ2) is 14.7. The summed E-state index contributed by atoms with van der Waals surface area (Å²) in [6.07, 6.45) is 3.44. The van der Waals surface area contributed by atoms with Crippen LogP contribution in [0.2, 0.25) is 0 Å². The van der Waals surface area contributed by atoms with Gasteiger partial charge in [-0.15, -0.1) is 0 Å². The van der Waals surface area contributed by atoms with E-state index in [0.717, 1.165) is 16.5 Å². The summed E-state index contributed by atoms with van der Waals surface area (Å²) in [4.78, 5) is 54.7. The number of aliphatic carboxylic acids is 1. The molecule has 6 atom stereocenters. The number of aromatic amines is 1. The Morgan fingerprint density at radius 3 is 2.08 bits per heavy atom. The van der Waals surface area contributed by atoms with Gasteiger partial charge in [0.05, 0.1) is 6.04 Å². The molecule has 6 unspecified atom stereocenters. The van der Waals surface area contributed by atoms with Crippen molar-refractivity contribution in [2.45, 2.75) is 91.4 Å². The molecule has 10 heteroatoms. The van der Waals surface area contributed by atoms with E-state index in [1.54, 1.807) is 6.20 Å². The first-order chi connectivity index (χ1) is 18.4. The molecule has 1 aromatic carbocycles. The summed E-state index contributed by atoms with van der Waals surface area (Å²) in [7, 11) is 0. The number of carbonyl (C=O) groups excluding carboxylic acids is 3. The van der Waals surface area contributed by atoms with Crippen molar-refractivity contribution in [3.63, 3.8) is 0 Å². The van der Waals surface area contributed by atoms with E-state index in [-0.39, 0.29) is 24.2 Å². The van der Waals surface area contributed by atoms with Crippen LogP contribution < -0.4 is 21.7 Å². The number of fused-ring (bicyclic) bond motifs is 1. The molecule has 0 spiro atoms. The van der Waals surface area contributed by atoms with Gasteiger partial charge in [-0.2, -0.15) is 0 Å². The molecule has 0 radical (unpaired) electrons. The molecule has 0 saturated heterocycles. The van der Waals surface area contributed by atoms with E-state index in [2.05, 4.69) is 20.9 Å². The van der Waals surface area contributed by atoms with Gasteiger partial charge in [-0.05, 0) is 35.8 Å². The topological polar surface area (TPSA) is 166 Å². The third-order valence-corrected chi connectivity index (χ3v) is 7.41. The molecule has 3 amide bonds. The van der Waals surface area contributed by atoms with Gasteiger partial charge in [0, 0.05) is 23.5 Å². The van der Waals surface area contributed by atoms with Gasteiger partial charge in [0.15, 0.2) is 0 Å². The number of aromatic nitrogens is 1. The van der Waals surface area contributed by atoms with Gasteiger partial charge in [-0.1, -0.05) is 72.6 Å². The highest BCUT2D eigenvalue weighted by molar-refractivity contribution is 5.94. The molecule has 0 bridgehead atoms. The minimum Gasteiger partial charge on any atom is -0.480 e. The van der Waals surface area contributed by atoms with Gasteiger partial charge in [0.1, 0.15) is 18.1 Å². The number of carboxylic acids is 1. The van der Waals surface area contributed by atoms with Crippen LogP contribution in [0.25, 0.3) is 10.9 Å². The monoisotopic (exact) mass is 543 g/mol. The van der Waals surface area contributed by atoms with E-state index in [1.165, 1.54) is 0 Å². The van der Waals surface area contributed by atoms with Crippen LogP contribution in [-0.4, -0.2) is 57.9 Å². The lowest BCUT2D eigenvalue weighted by Gasteiger charge is -2.29. The second-order valence-electron chi connectivity index (χ2n) is 10.9. The zero-order valence-electron chi connectivity index (χ0n) is 23.9. The van der Waals surface area contributed by atoms with Crippen molar-refractivity contribution in [3.05, 3.63) is 36.0 Å². The minimum absolute atomic E-state index is 0.0356. The van der Waals surface area contributed by atoms with Crippen molar-refractivity contribution < 1.29 is 24.3 Å². The number of nitrogens with two attached hydrogens (primary N) is 1. The first kappa shape index (κ1) is 31.8. The molecule has 7 N–H and O–H groups in total. The van der Waals surface area contributed by atoms with E-state index in [0.29, 0.717) is 19.3 Å². The maximum Gasteiger partial charge on any atom is 0.326 e. The lowest BCUT2D eigenvalue weighted by Crippen LogP contribution is -2.59. The first-order valence-electron chi connectivity index (χ1n) is 13.8. The molecule has 0 fully saturated rings. The SMILES string of the molecule is CCC(C)C(N)C(=O)NC(C(=O)NC(CC(C)C)C(=O)NC(Cc1c[nH]c2ccccc12)C(=O)O)C(C)CC. The van der Waals surface area contributed by atoms with Gasteiger partial charge < -0.3 is 31.8 Å². The molecule has 39 heavy (non-hydrogen) atoms. The van der Waals surface area contributed by atoms with Gasteiger partial charge in [-0.25, -0.2) is 4.79 Å². The van der Waals surface area contributed by atoms with E-state index in [4.69, 9.17) is 5.73 Å². The number of rotatable bonds is 15. The summed E-state index contributed by atoms with van der Waals surface area (Å²) in [5.74, 6) is -2.92. The molecule has 2 aromatic rings. The Balaban J connectivity index is 2.20. The van der Waals surface area contributed by atoms with Crippen LogP contribution in [0.1, 0.15) is 66.4 Å².